The lowest BCUT2D eigenvalue weighted by Crippen LogP contribution is -2.33. The molecule has 4 nitrogen and oxygen atoms in total. The Kier molecular flexibility index (Phi) is 2.67. The first kappa shape index (κ1) is 10.5. The van der Waals surface area contributed by atoms with Crippen LogP contribution in [0.25, 0.3) is 0 Å². The van der Waals surface area contributed by atoms with Crippen LogP contribution in [0.4, 0.5) is 0 Å². The second-order valence-corrected chi connectivity index (χ2v) is 4.29. The molecule has 2 aliphatic rings. The van der Waals surface area contributed by atoms with Gasteiger partial charge in [-0.1, -0.05) is 0 Å². The fourth-order valence-corrected chi connectivity index (χ4v) is 2.78. The van der Waals surface area contributed by atoms with Crippen molar-refractivity contribution in [1.82, 2.24) is 0 Å². The second kappa shape index (κ2) is 3.83. The van der Waals surface area contributed by atoms with Gasteiger partial charge in [0.2, 0.25) is 0 Å². The Morgan fingerprint density at radius 3 is 2.60 bits per heavy atom. The van der Waals surface area contributed by atoms with Crippen molar-refractivity contribution < 1.29 is 19.1 Å². The molecule has 0 aromatic rings. The molecular weight excluding hydrogens is 196 g/mol. The number of methoxy groups -OCH3 is 1. The molecule has 0 aromatic heterocycles. The fourth-order valence-electron chi connectivity index (χ4n) is 2.78. The van der Waals surface area contributed by atoms with Crippen LogP contribution in [-0.2, 0) is 19.1 Å². The topological polar surface area (TPSA) is 52.6 Å². The Hall–Kier alpha value is -1.06. The zero-order chi connectivity index (χ0) is 11.0. The average Bonchev–Trinajstić information content (AvgIpc) is 2.74. The van der Waals surface area contributed by atoms with Crippen molar-refractivity contribution in [2.75, 3.05) is 7.11 Å². The maximum atomic E-state index is 11.5. The first-order valence-electron chi connectivity index (χ1n) is 5.22. The van der Waals surface area contributed by atoms with Gasteiger partial charge in [0, 0.05) is 19.3 Å². The highest BCUT2D eigenvalue weighted by molar-refractivity contribution is 5.74. The molecule has 0 aromatic carbocycles. The van der Waals surface area contributed by atoms with Gasteiger partial charge in [-0.15, -0.1) is 0 Å². The Labute approximate surface area is 88.9 Å². The van der Waals surface area contributed by atoms with E-state index in [4.69, 9.17) is 9.47 Å². The van der Waals surface area contributed by atoms with Crippen molar-refractivity contribution in [3.63, 3.8) is 0 Å². The minimum absolute atomic E-state index is 0.0886. The maximum absolute atomic E-state index is 11.5. The van der Waals surface area contributed by atoms with Crippen molar-refractivity contribution in [3.05, 3.63) is 6.42 Å². The van der Waals surface area contributed by atoms with Crippen LogP contribution in [0.15, 0.2) is 0 Å². The lowest BCUT2D eigenvalue weighted by Gasteiger charge is -2.26. The van der Waals surface area contributed by atoms with Gasteiger partial charge in [0.15, 0.2) is 0 Å². The molecule has 1 radical (unpaired) electrons. The summed E-state index contributed by atoms with van der Waals surface area (Å²) in [6.45, 7) is 1.40. The first-order valence-corrected chi connectivity index (χ1v) is 5.22. The molecule has 2 fully saturated rings. The van der Waals surface area contributed by atoms with Crippen molar-refractivity contribution in [3.8, 4) is 0 Å². The van der Waals surface area contributed by atoms with E-state index >= 15 is 0 Å². The van der Waals surface area contributed by atoms with Crippen LogP contribution in [0.1, 0.15) is 19.8 Å². The van der Waals surface area contributed by atoms with Crippen LogP contribution >= 0.6 is 0 Å². The van der Waals surface area contributed by atoms with E-state index in [-0.39, 0.29) is 29.9 Å². The Morgan fingerprint density at radius 2 is 2.07 bits per heavy atom. The van der Waals surface area contributed by atoms with Crippen molar-refractivity contribution in [1.29, 1.82) is 0 Å². The number of esters is 2. The second-order valence-electron chi connectivity index (χ2n) is 4.29. The molecule has 0 heterocycles. The van der Waals surface area contributed by atoms with Gasteiger partial charge in [0.05, 0.1) is 13.0 Å². The fraction of sp³-hybridized carbons (Fsp3) is 0.727. The quantitative estimate of drug-likeness (QED) is 0.638. The smallest absolute Gasteiger partial charge is 0.309 e. The number of hydrogen-bond donors (Lipinski definition) is 0. The van der Waals surface area contributed by atoms with Crippen LogP contribution in [0.2, 0.25) is 0 Å². The van der Waals surface area contributed by atoms with E-state index in [9.17, 15) is 9.59 Å². The van der Waals surface area contributed by atoms with Crippen molar-refractivity contribution in [2.24, 2.45) is 17.8 Å². The molecule has 83 valence electrons. The van der Waals surface area contributed by atoms with Gasteiger partial charge in [-0.25, -0.2) is 0 Å². The summed E-state index contributed by atoms with van der Waals surface area (Å²) >= 11 is 0. The first-order chi connectivity index (χ1) is 7.11. The monoisotopic (exact) mass is 211 g/mol. The van der Waals surface area contributed by atoms with Gasteiger partial charge < -0.3 is 9.47 Å². The van der Waals surface area contributed by atoms with Gasteiger partial charge in [-0.2, -0.15) is 0 Å². The third-order valence-electron chi connectivity index (χ3n) is 3.34. The maximum Gasteiger partial charge on any atom is 0.309 e. The number of carbonyl (C=O) groups excluding carboxylic acids is 2. The number of hydrogen-bond acceptors (Lipinski definition) is 4. The highest BCUT2D eigenvalue weighted by Gasteiger charge is 2.51. The highest BCUT2D eigenvalue weighted by Crippen LogP contribution is 2.49. The molecule has 2 rings (SSSR count). The molecule has 0 aliphatic heterocycles. The summed E-state index contributed by atoms with van der Waals surface area (Å²) < 4.78 is 9.91. The molecule has 0 saturated heterocycles. The van der Waals surface area contributed by atoms with Gasteiger partial charge in [0.1, 0.15) is 6.10 Å². The largest absolute Gasteiger partial charge is 0.469 e. The minimum Gasteiger partial charge on any atom is -0.469 e. The Bertz CT molecular complexity index is 286. The normalized spacial score (nSPS) is 37.7. The Morgan fingerprint density at radius 1 is 1.33 bits per heavy atom. The molecule has 0 spiro atoms. The van der Waals surface area contributed by atoms with Crippen LogP contribution in [0.3, 0.4) is 0 Å². The van der Waals surface area contributed by atoms with Crippen LogP contribution in [0, 0.1) is 24.2 Å². The number of rotatable bonds is 2. The minimum atomic E-state index is -0.285. The summed E-state index contributed by atoms with van der Waals surface area (Å²) in [5.41, 5.74) is 0. The van der Waals surface area contributed by atoms with Crippen molar-refractivity contribution >= 4 is 11.9 Å². The molecule has 2 aliphatic carbocycles. The van der Waals surface area contributed by atoms with Gasteiger partial charge >= 0.3 is 11.9 Å². The molecule has 0 unspecified atom stereocenters. The molecule has 0 N–H and O–H groups in total. The van der Waals surface area contributed by atoms with E-state index in [1.165, 1.54) is 14.0 Å². The zero-order valence-electron chi connectivity index (χ0n) is 8.93. The summed E-state index contributed by atoms with van der Waals surface area (Å²) in [6, 6.07) is 0. The number of ether oxygens (including phenoxy) is 2. The molecule has 0 amide bonds. The summed E-state index contributed by atoms with van der Waals surface area (Å²) in [5.74, 6) is -0.00989. The van der Waals surface area contributed by atoms with Gasteiger partial charge in [0.25, 0.3) is 0 Å². The van der Waals surface area contributed by atoms with E-state index in [1.54, 1.807) is 0 Å². The molecule has 4 atom stereocenters. The zero-order valence-corrected chi connectivity index (χ0v) is 8.93. The molecule has 2 saturated carbocycles. The highest BCUT2D eigenvalue weighted by atomic mass is 16.5. The lowest BCUT2D eigenvalue weighted by atomic mass is 9.86. The third-order valence-corrected chi connectivity index (χ3v) is 3.34. The molecule has 4 heteroatoms. The molecular formula is C11H15O4. The predicted octanol–water partition coefficient (Wildman–Crippen LogP) is 0.951. The van der Waals surface area contributed by atoms with E-state index in [0.717, 1.165) is 12.8 Å². The van der Waals surface area contributed by atoms with E-state index in [1.807, 2.05) is 6.42 Å². The summed E-state index contributed by atoms with van der Waals surface area (Å²) in [4.78, 5) is 22.3. The lowest BCUT2D eigenvalue weighted by molar-refractivity contribution is -0.155. The summed E-state index contributed by atoms with van der Waals surface area (Å²) in [5, 5.41) is 0. The van der Waals surface area contributed by atoms with E-state index in [0.29, 0.717) is 5.92 Å². The summed E-state index contributed by atoms with van der Waals surface area (Å²) in [6.07, 6.45) is 3.64. The molecule has 15 heavy (non-hydrogen) atoms. The van der Waals surface area contributed by atoms with Crippen LogP contribution < -0.4 is 0 Å². The Balaban J connectivity index is 2.02. The van der Waals surface area contributed by atoms with Gasteiger partial charge in [-0.3, -0.25) is 9.59 Å². The average molecular weight is 211 g/mol. The van der Waals surface area contributed by atoms with Crippen LogP contribution in [0.5, 0.6) is 0 Å². The summed E-state index contributed by atoms with van der Waals surface area (Å²) in [7, 11) is 1.40. The van der Waals surface area contributed by atoms with Crippen LogP contribution in [-0.4, -0.2) is 25.2 Å². The van der Waals surface area contributed by atoms with E-state index < -0.39 is 0 Å². The number of carbonyl (C=O) groups is 2. The van der Waals surface area contributed by atoms with E-state index in [2.05, 4.69) is 0 Å². The van der Waals surface area contributed by atoms with Gasteiger partial charge in [-0.05, 0) is 18.8 Å². The molecule has 2 bridgehead atoms. The third kappa shape index (κ3) is 1.85. The standard InChI is InChI=1S/C11H15O4/c1-6(12)15-10-5-7-3-8(10)9(4-7)11(13)14-2/h5,7-10H,3-4H2,1-2H3/t7-,8+,9+,10-/m0/s1. The van der Waals surface area contributed by atoms with Crippen molar-refractivity contribution in [2.45, 2.75) is 25.9 Å². The number of fused-ring (bicyclic) bond motifs is 2. The predicted molar refractivity (Wildman–Crippen MR) is 51.6 cm³/mol. The SMILES string of the molecule is COC(=O)[C@@H]1C[C@H]2[CH][C@H](OC(C)=O)[C@@H]1C2.